The van der Waals surface area contributed by atoms with Gasteiger partial charge in [-0.25, -0.2) is 4.98 Å². The summed E-state index contributed by atoms with van der Waals surface area (Å²) in [4.78, 5) is 22.1. The fourth-order valence-electron chi connectivity index (χ4n) is 3.03. The van der Waals surface area contributed by atoms with Crippen molar-refractivity contribution in [1.29, 1.82) is 0 Å². The van der Waals surface area contributed by atoms with Crippen LogP contribution in [0.2, 0.25) is 5.02 Å². The Bertz CT molecular complexity index is 990. The van der Waals surface area contributed by atoms with Crippen LogP contribution < -0.4 is 9.64 Å². The molecule has 0 bridgehead atoms. The summed E-state index contributed by atoms with van der Waals surface area (Å²) in [6, 6.07) is 11.0. The number of nitrogens with zero attached hydrogens (tertiary/aromatic N) is 3. The van der Waals surface area contributed by atoms with E-state index < -0.39 is 0 Å². The molecule has 0 aliphatic rings. The molecule has 3 aromatic rings. The standard InChI is InChI=1S/C21H23BrClN3O2S/c1-4-25(5-2)12-13-26(20(27)14-6-8-15(22)9-7-14)21-24-18-17(28-3)11-10-16(23)19(18)29-21/h6-11H,4-5,12-13H2,1-3H3. The van der Waals surface area contributed by atoms with Gasteiger partial charge < -0.3 is 9.64 Å². The molecule has 0 N–H and O–H groups in total. The van der Waals surface area contributed by atoms with E-state index in [1.54, 1.807) is 24.1 Å². The van der Waals surface area contributed by atoms with E-state index in [4.69, 9.17) is 21.3 Å². The van der Waals surface area contributed by atoms with Gasteiger partial charge in [0.25, 0.3) is 5.91 Å². The van der Waals surface area contributed by atoms with Crippen LogP contribution >= 0.6 is 38.9 Å². The summed E-state index contributed by atoms with van der Waals surface area (Å²) in [6.07, 6.45) is 0. The minimum atomic E-state index is -0.0844. The van der Waals surface area contributed by atoms with Crippen LogP contribution in [0.25, 0.3) is 10.2 Å². The zero-order valence-corrected chi connectivity index (χ0v) is 19.8. The minimum Gasteiger partial charge on any atom is -0.494 e. The average Bonchev–Trinajstić information content (AvgIpc) is 3.18. The molecular formula is C21H23BrClN3O2S. The molecule has 0 fully saturated rings. The summed E-state index contributed by atoms with van der Waals surface area (Å²) < 4.78 is 7.18. The number of amides is 1. The Balaban J connectivity index is 2.02. The van der Waals surface area contributed by atoms with E-state index in [0.29, 0.717) is 33.5 Å². The number of thiazole rings is 1. The summed E-state index contributed by atoms with van der Waals surface area (Å²) in [5.74, 6) is 0.561. The number of halogens is 2. The fraction of sp³-hybridized carbons (Fsp3) is 0.333. The lowest BCUT2D eigenvalue weighted by Crippen LogP contribution is -2.38. The van der Waals surface area contributed by atoms with E-state index in [0.717, 1.165) is 28.8 Å². The van der Waals surface area contributed by atoms with Crippen molar-refractivity contribution in [3.63, 3.8) is 0 Å². The van der Waals surface area contributed by atoms with E-state index in [-0.39, 0.29) is 5.91 Å². The first-order chi connectivity index (χ1) is 14.0. The van der Waals surface area contributed by atoms with Crippen molar-refractivity contribution >= 4 is 60.1 Å². The van der Waals surface area contributed by atoms with Crippen LogP contribution in [-0.4, -0.2) is 49.1 Å². The predicted octanol–water partition coefficient (Wildman–Crippen LogP) is 5.71. The first kappa shape index (κ1) is 22.0. The Kier molecular flexibility index (Phi) is 7.51. The van der Waals surface area contributed by atoms with Gasteiger partial charge in [0.1, 0.15) is 11.3 Å². The highest BCUT2D eigenvalue weighted by Gasteiger charge is 2.23. The molecule has 0 saturated carbocycles. The summed E-state index contributed by atoms with van der Waals surface area (Å²) >= 11 is 11.2. The summed E-state index contributed by atoms with van der Waals surface area (Å²) in [5, 5.41) is 1.22. The van der Waals surface area contributed by atoms with Crippen LogP contribution in [0.3, 0.4) is 0 Å². The molecule has 3 rings (SSSR count). The molecule has 0 aliphatic heterocycles. The molecule has 8 heteroatoms. The third-order valence-corrected chi connectivity index (χ3v) is 6.84. The van der Waals surface area contributed by atoms with Crippen molar-refractivity contribution in [2.75, 3.05) is 38.2 Å². The summed E-state index contributed by atoms with van der Waals surface area (Å²) in [7, 11) is 1.60. The van der Waals surface area contributed by atoms with E-state index in [1.807, 2.05) is 24.3 Å². The van der Waals surface area contributed by atoms with Crippen LogP contribution in [0, 0.1) is 0 Å². The zero-order valence-electron chi connectivity index (χ0n) is 16.6. The molecule has 1 amide bonds. The smallest absolute Gasteiger partial charge is 0.260 e. The number of fused-ring (bicyclic) bond motifs is 1. The number of hydrogen-bond donors (Lipinski definition) is 0. The average molecular weight is 497 g/mol. The third kappa shape index (κ3) is 4.91. The highest BCUT2D eigenvalue weighted by Crippen LogP contribution is 2.39. The van der Waals surface area contributed by atoms with Gasteiger partial charge in [-0.3, -0.25) is 9.69 Å². The number of carbonyl (C=O) groups excluding carboxylic acids is 1. The van der Waals surface area contributed by atoms with Crippen LogP contribution in [0.15, 0.2) is 40.9 Å². The van der Waals surface area contributed by atoms with Gasteiger partial charge in [-0.05, 0) is 49.5 Å². The molecule has 0 spiro atoms. The first-order valence-corrected chi connectivity index (χ1v) is 11.4. The SMILES string of the molecule is CCN(CC)CCN(C(=O)c1ccc(Br)cc1)c1nc2c(OC)ccc(Cl)c2s1. The van der Waals surface area contributed by atoms with Crippen molar-refractivity contribution in [2.45, 2.75) is 13.8 Å². The topological polar surface area (TPSA) is 45.7 Å². The maximum Gasteiger partial charge on any atom is 0.260 e. The van der Waals surface area contributed by atoms with Gasteiger partial charge >= 0.3 is 0 Å². The number of aromatic nitrogens is 1. The van der Waals surface area contributed by atoms with E-state index in [2.05, 4.69) is 34.7 Å². The number of anilines is 1. The van der Waals surface area contributed by atoms with Crippen molar-refractivity contribution in [1.82, 2.24) is 9.88 Å². The molecule has 0 saturated heterocycles. The molecule has 1 aromatic heterocycles. The van der Waals surface area contributed by atoms with Crippen LogP contribution in [0.5, 0.6) is 5.75 Å². The Morgan fingerprint density at radius 1 is 1.14 bits per heavy atom. The van der Waals surface area contributed by atoms with Crippen molar-refractivity contribution < 1.29 is 9.53 Å². The van der Waals surface area contributed by atoms with Gasteiger partial charge in [0, 0.05) is 23.1 Å². The van der Waals surface area contributed by atoms with Gasteiger partial charge in [0.15, 0.2) is 5.13 Å². The Labute approximate surface area is 188 Å². The van der Waals surface area contributed by atoms with Crippen LogP contribution in [-0.2, 0) is 0 Å². The number of ether oxygens (including phenoxy) is 1. The highest BCUT2D eigenvalue weighted by atomic mass is 79.9. The van der Waals surface area contributed by atoms with E-state index in [1.165, 1.54) is 11.3 Å². The second-order valence-electron chi connectivity index (χ2n) is 6.41. The minimum absolute atomic E-state index is 0.0844. The van der Waals surface area contributed by atoms with Crippen LogP contribution in [0.4, 0.5) is 5.13 Å². The monoisotopic (exact) mass is 495 g/mol. The van der Waals surface area contributed by atoms with Crippen molar-refractivity contribution in [3.8, 4) is 5.75 Å². The molecule has 5 nitrogen and oxygen atoms in total. The Hall–Kier alpha value is -1.67. The van der Waals surface area contributed by atoms with Gasteiger partial charge in [0.05, 0.1) is 16.8 Å². The molecule has 1 heterocycles. The lowest BCUT2D eigenvalue weighted by molar-refractivity contribution is 0.0983. The van der Waals surface area contributed by atoms with Gasteiger partial charge in [-0.2, -0.15) is 0 Å². The lowest BCUT2D eigenvalue weighted by Gasteiger charge is -2.24. The maximum absolute atomic E-state index is 13.4. The normalized spacial score (nSPS) is 11.2. The quantitative estimate of drug-likeness (QED) is 0.401. The Morgan fingerprint density at radius 2 is 1.83 bits per heavy atom. The summed E-state index contributed by atoms with van der Waals surface area (Å²) in [5.41, 5.74) is 1.29. The van der Waals surface area contributed by atoms with Crippen LogP contribution in [0.1, 0.15) is 24.2 Å². The molecule has 0 radical (unpaired) electrons. The zero-order chi connectivity index (χ0) is 21.0. The van der Waals surface area contributed by atoms with Gasteiger partial charge in [-0.1, -0.05) is 52.7 Å². The third-order valence-electron chi connectivity index (χ3n) is 4.77. The number of carbonyl (C=O) groups is 1. The van der Waals surface area contributed by atoms with Crippen molar-refractivity contribution in [3.05, 3.63) is 51.5 Å². The highest BCUT2D eigenvalue weighted by molar-refractivity contribution is 9.10. The molecule has 2 aromatic carbocycles. The number of rotatable bonds is 8. The maximum atomic E-state index is 13.4. The second kappa shape index (κ2) is 9.89. The number of methoxy groups -OCH3 is 1. The molecule has 0 aliphatic carbocycles. The van der Waals surface area contributed by atoms with Gasteiger partial charge in [-0.15, -0.1) is 0 Å². The predicted molar refractivity (Wildman–Crippen MR) is 125 cm³/mol. The molecule has 0 unspecified atom stereocenters. The lowest BCUT2D eigenvalue weighted by atomic mass is 10.2. The molecule has 154 valence electrons. The second-order valence-corrected chi connectivity index (χ2v) is 8.71. The largest absolute Gasteiger partial charge is 0.494 e. The number of hydrogen-bond acceptors (Lipinski definition) is 5. The molecular weight excluding hydrogens is 474 g/mol. The number of benzene rings is 2. The first-order valence-electron chi connectivity index (χ1n) is 9.41. The summed E-state index contributed by atoms with van der Waals surface area (Å²) in [6.45, 7) is 7.39. The van der Waals surface area contributed by atoms with Gasteiger partial charge in [0.2, 0.25) is 0 Å². The fourth-order valence-corrected chi connectivity index (χ4v) is 4.58. The number of likely N-dealkylation sites (N-methyl/N-ethyl adjacent to an activating group) is 1. The molecule has 0 atom stereocenters. The van der Waals surface area contributed by atoms with Crippen molar-refractivity contribution in [2.24, 2.45) is 0 Å². The van der Waals surface area contributed by atoms with E-state index in [9.17, 15) is 4.79 Å². The Morgan fingerprint density at radius 3 is 2.45 bits per heavy atom. The molecule has 29 heavy (non-hydrogen) atoms. The van der Waals surface area contributed by atoms with E-state index >= 15 is 0 Å².